The first-order valence-electron chi connectivity index (χ1n) is 2.72. The molecular weight excluding hydrogens is 150 g/mol. The largest absolute Gasteiger partial charge is 0.356 e. The molecule has 0 saturated heterocycles. The fourth-order valence-electron chi connectivity index (χ4n) is 0.588. The number of nitrogens with zero attached hydrogens (tertiary/aromatic N) is 1. The van der Waals surface area contributed by atoms with Crippen LogP contribution in [0.3, 0.4) is 0 Å². The monoisotopic (exact) mass is 155 g/mol. The number of benzene rings is 1. The highest BCUT2D eigenvalue weighted by molar-refractivity contribution is 6.32. The number of hydrogen-bond donors (Lipinski definition) is 0. The Kier molecular flexibility index (Phi) is 2.29. The second-order valence-corrected chi connectivity index (χ2v) is 2.06. The predicted molar refractivity (Wildman–Crippen MR) is 41.6 cm³/mol. The average Bonchev–Trinajstić information content (AvgIpc) is 1.94. The Labute approximate surface area is 64.1 Å². The van der Waals surface area contributed by atoms with Crippen LogP contribution in [-0.4, -0.2) is 6.72 Å². The third kappa shape index (κ3) is 1.48. The molecule has 0 radical (unpaired) electrons. The van der Waals surface area contributed by atoms with Gasteiger partial charge in [0.15, 0.2) is 5.75 Å². The summed E-state index contributed by atoms with van der Waals surface area (Å²) in [6.07, 6.45) is 0. The third-order valence-corrected chi connectivity index (χ3v) is 1.31. The Morgan fingerprint density at radius 2 is 2.10 bits per heavy atom. The molecule has 0 amide bonds. The summed E-state index contributed by atoms with van der Waals surface area (Å²) in [5.74, 6) is 0.527. The maximum Gasteiger partial charge on any atom is 0.176 e. The number of hydrogen-bond acceptors (Lipinski definition) is 2. The van der Waals surface area contributed by atoms with Gasteiger partial charge in [-0.15, -0.1) is 0 Å². The van der Waals surface area contributed by atoms with Gasteiger partial charge >= 0.3 is 0 Å². The van der Waals surface area contributed by atoms with Crippen LogP contribution >= 0.6 is 11.6 Å². The molecule has 0 aliphatic carbocycles. The number of halogens is 1. The van der Waals surface area contributed by atoms with Crippen LogP contribution in [0, 0.1) is 0 Å². The molecule has 1 aromatic rings. The molecule has 0 heterocycles. The van der Waals surface area contributed by atoms with E-state index in [9.17, 15) is 0 Å². The minimum Gasteiger partial charge on any atom is -0.356 e. The van der Waals surface area contributed by atoms with E-state index in [1.54, 1.807) is 12.1 Å². The van der Waals surface area contributed by atoms with Gasteiger partial charge < -0.3 is 4.84 Å². The van der Waals surface area contributed by atoms with Crippen LogP contribution in [0.4, 0.5) is 0 Å². The molecule has 0 spiro atoms. The summed E-state index contributed by atoms with van der Waals surface area (Å²) in [6.45, 7) is 3.17. The van der Waals surface area contributed by atoms with Crippen LogP contribution in [0.2, 0.25) is 5.02 Å². The van der Waals surface area contributed by atoms with E-state index in [1.807, 2.05) is 12.1 Å². The lowest BCUT2D eigenvalue weighted by atomic mass is 10.3. The van der Waals surface area contributed by atoms with Crippen LogP contribution in [-0.2, 0) is 0 Å². The normalized spacial score (nSPS) is 8.90. The molecule has 0 aliphatic rings. The summed E-state index contributed by atoms with van der Waals surface area (Å²) in [5.41, 5.74) is 0. The summed E-state index contributed by atoms with van der Waals surface area (Å²) in [7, 11) is 0. The van der Waals surface area contributed by atoms with E-state index in [0.29, 0.717) is 10.8 Å². The standard InChI is InChI=1S/C7H6ClNO/c1-9-10-7-5-3-2-4-6(7)8/h2-5H,1H2. The van der Waals surface area contributed by atoms with Crippen molar-refractivity contribution in [1.29, 1.82) is 0 Å². The van der Waals surface area contributed by atoms with Gasteiger partial charge in [0.1, 0.15) is 0 Å². The van der Waals surface area contributed by atoms with Crippen molar-refractivity contribution in [1.82, 2.24) is 0 Å². The van der Waals surface area contributed by atoms with Crippen molar-refractivity contribution in [2.24, 2.45) is 5.16 Å². The molecule has 52 valence electrons. The number of para-hydroxylation sites is 1. The summed E-state index contributed by atoms with van der Waals surface area (Å²) >= 11 is 5.69. The van der Waals surface area contributed by atoms with Crippen molar-refractivity contribution in [2.45, 2.75) is 0 Å². The van der Waals surface area contributed by atoms with E-state index in [-0.39, 0.29) is 0 Å². The Bertz CT molecular complexity index is 237. The van der Waals surface area contributed by atoms with E-state index in [0.717, 1.165) is 0 Å². The van der Waals surface area contributed by atoms with E-state index in [1.165, 1.54) is 0 Å². The highest BCUT2D eigenvalue weighted by Crippen LogP contribution is 2.22. The SMILES string of the molecule is C=NOc1ccccc1Cl. The van der Waals surface area contributed by atoms with E-state index < -0.39 is 0 Å². The summed E-state index contributed by atoms with van der Waals surface area (Å²) in [6, 6.07) is 7.07. The number of oxime groups is 1. The second kappa shape index (κ2) is 3.22. The van der Waals surface area contributed by atoms with Crippen LogP contribution in [0.1, 0.15) is 0 Å². The molecule has 3 heteroatoms. The molecule has 0 aliphatic heterocycles. The van der Waals surface area contributed by atoms with Crippen molar-refractivity contribution in [3.05, 3.63) is 29.3 Å². The lowest BCUT2D eigenvalue weighted by Crippen LogP contribution is -1.80. The molecule has 1 rings (SSSR count). The average molecular weight is 156 g/mol. The molecule has 1 aromatic carbocycles. The van der Waals surface area contributed by atoms with Crippen molar-refractivity contribution in [2.75, 3.05) is 0 Å². The van der Waals surface area contributed by atoms with Crippen LogP contribution < -0.4 is 4.84 Å². The van der Waals surface area contributed by atoms with Crippen LogP contribution in [0.5, 0.6) is 5.75 Å². The van der Waals surface area contributed by atoms with Gasteiger partial charge in [0, 0.05) is 6.72 Å². The molecule has 0 fully saturated rings. The van der Waals surface area contributed by atoms with Crippen molar-refractivity contribution < 1.29 is 4.84 Å². The maximum absolute atomic E-state index is 5.69. The topological polar surface area (TPSA) is 21.6 Å². The zero-order valence-corrected chi connectivity index (χ0v) is 6.01. The molecule has 0 aromatic heterocycles. The Morgan fingerprint density at radius 1 is 1.40 bits per heavy atom. The molecule has 0 saturated carbocycles. The van der Waals surface area contributed by atoms with Gasteiger partial charge in [0.25, 0.3) is 0 Å². The van der Waals surface area contributed by atoms with Gasteiger partial charge in [0.05, 0.1) is 5.02 Å². The quantitative estimate of drug-likeness (QED) is 0.475. The van der Waals surface area contributed by atoms with Crippen molar-refractivity contribution >= 4 is 18.3 Å². The minimum absolute atomic E-state index is 0.527. The highest BCUT2D eigenvalue weighted by Gasteiger charge is 1.96. The van der Waals surface area contributed by atoms with E-state index in [2.05, 4.69) is 11.9 Å². The Morgan fingerprint density at radius 3 is 2.70 bits per heavy atom. The van der Waals surface area contributed by atoms with Gasteiger partial charge in [-0.05, 0) is 12.1 Å². The van der Waals surface area contributed by atoms with Gasteiger partial charge in [-0.2, -0.15) is 0 Å². The minimum atomic E-state index is 0.527. The summed E-state index contributed by atoms with van der Waals surface area (Å²) in [5, 5.41) is 3.77. The highest BCUT2D eigenvalue weighted by atomic mass is 35.5. The number of rotatable bonds is 2. The molecule has 2 nitrogen and oxygen atoms in total. The first kappa shape index (κ1) is 7.09. The zero-order chi connectivity index (χ0) is 7.40. The Hall–Kier alpha value is -1.02. The Balaban J connectivity index is 2.91. The molecule has 10 heavy (non-hydrogen) atoms. The van der Waals surface area contributed by atoms with Crippen LogP contribution in [0.25, 0.3) is 0 Å². The molecular formula is C7H6ClNO. The maximum atomic E-state index is 5.69. The van der Waals surface area contributed by atoms with E-state index >= 15 is 0 Å². The first-order valence-corrected chi connectivity index (χ1v) is 3.10. The zero-order valence-electron chi connectivity index (χ0n) is 5.25. The van der Waals surface area contributed by atoms with Gasteiger partial charge in [-0.3, -0.25) is 0 Å². The fraction of sp³-hybridized carbons (Fsp3) is 0. The summed E-state index contributed by atoms with van der Waals surface area (Å²) < 4.78 is 0. The van der Waals surface area contributed by atoms with E-state index in [4.69, 9.17) is 16.4 Å². The molecule has 0 N–H and O–H groups in total. The summed E-state index contributed by atoms with van der Waals surface area (Å²) in [4.78, 5) is 4.72. The molecule has 0 unspecified atom stereocenters. The second-order valence-electron chi connectivity index (χ2n) is 1.65. The fourth-order valence-corrected chi connectivity index (χ4v) is 0.759. The first-order chi connectivity index (χ1) is 4.84. The van der Waals surface area contributed by atoms with Crippen LogP contribution in [0.15, 0.2) is 29.4 Å². The molecule has 0 atom stereocenters. The van der Waals surface area contributed by atoms with Gasteiger partial charge in [-0.25, -0.2) is 0 Å². The third-order valence-electron chi connectivity index (χ3n) is 1.000. The van der Waals surface area contributed by atoms with Gasteiger partial charge in [-0.1, -0.05) is 28.9 Å². The lowest BCUT2D eigenvalue weighted by molar-refractivity contribution is 0.346. The predicted octanol–water partition coefficient (Wildman–Crippen LogP) is 2.33. The van der Waals surface area contributed by atoms with Gasteiger partial charge in [0.2, 0.25) is 0 Å². The van der Waals surface area contributed by atoms with Crippen molar-refractivity contribution in [3.63, 3.8) is 0 Å². The smallest absolute Gasteiger partial charge is 0.176 e. The molecule has 0 bridgehead atoms. The lowest BCUT2D eigenvalue weighted by Gasteiger charge is -1.97. The van der Waals surface area contributed by atoms with Crippen molar-refractivity contribution in [3.8, 4) is 5.75 Å².